The molecule has 0 N–H and O–H groups in total. The summed E-state index contributed by atoms with van der Waals surface area (Å²) in [4.78, 5) is 0. The number of hydrogen-bond donors (Lipinski definition) is 0. The van der Waals surface area contributed by atoms with Crippen molar-refractivity contribution < 1.29 is 0 Å². The largest absolute Gasteiger partial charge is 0.309 e. The summed E-state index contributed by atoms with van der Waals surface area (Å²) in [6.45, 7) is 0. The highest BCUT2D eigenvalue weighted by Gasteiger charge is 2.61. The van der Waals surface area contributed by atoms with Gasteiger partial charge in [-0.3, -0.25) is 0 Å². The van der Waals surface area contributed by atoms with Crippen molar-refractivity contribution in [2.45, 2.75) is 37.5 Å². The Labute approximate surface area is 216 Å². The van der Waals surface area contributed by atoms with Crippen LogP contribution in [0.25, 0.3) is 38.6 Å². The van der Waals surface area contributed by atoms with Crippen LogP contribution < -0.4 is 0 Å². The Morgan fingerprint density at radius 2 is 1.17 bits per heavy atom. The SMILES string of the molecule is Clc1ccc2c(c1)C1(c3cc(-n4c5ccccc5c5ccccc54)ccc3-2)C2CC3CC(C2)CC1C3. The minimum atomic E-state index is 0.123. The van der Waals surface area contributed by atoms with Gasteiger partial charge in [-0.1, -0.05) is 60.1 Å². The summed E-state index contributed by atoms with van der Waals surface area (Å²) in [6, 6.07) is 31.8. The number of benzene rings is 4. The van der Waals surface area contributed by atoms with E-state index >= 15 is 0 Å². The molecule has 1 nitrogen and oxygen atoms in total. The third-order valence-corrected chi connectivity index (χ3v) is 10.7. The van der Waals surface area contributed by atoms with Crippen LogP contribution in [0.1, 0.15) is 43.2 Å². The van der Waals surface area contributed by atoms with Crippen LogP contribution in [-0.2, 0) is 5.41 Å². The summed E-state index contributed by atoms with van der Waals surface area (Å²) >= 11 is 6.70. The van der Waals surface area contributed by atoms with E-state index in [2.05, 4.69) is 89.5 Å². The molecular weight excluding hydrogens is 458 g/mol. The summed E-state index contributed by atoms with van der Waals surface area (Å²) < 4.78 is 2.49. The Kier molecular flexibility index (Phi) is 3.81. The van der Waals surface area contributed by atoms with Crippen LogP contribution in [0.4, 0.5) is 0 Å². The van der Waals surface area contributed by atoms with E-state index in [9.17, 15) is 0 Å². The van der Waals surface area contributed by atoms with E-state index in [4.69, 9.17) is 11.6 Å². The van der Waals surface area contributed by atoms with Crippen molar-refractivity contribution in [1.29, 1.82) is 0 Å². The van der Waals surface area contributed by atoms with Gasteiger partial charge in [0.25, 0.3) is 0 Å². The maximum Gasteiger partial charge on any atom is 0.0541 e. The lowest BCUT2D eigenvalue weighted by molar-refractivity contribution is -0.0399. The summed E-state index contributed by atoms with van der Waals surface area (Å²) in [5, 5.41) is 3.54. The second-order valence-electron chi connectivity index (χ2n) is 12.0. The second-order valence-corrected chi connectivity index (χ2v) is 12.4. The average molecular weight is 486 g/mol. The lowest BCUT2D eigenvalue weighted by Crippen LogP contribution is -2.55. The predicted molar refractivity (Wildman–Crippen MR) is 149 cm³/mol. The molecule has 0 saturated heterocycles. The number of halogens is 1. The monoisotopic (exact) mass is 485 g/mol. The van der Waals surface area contributed by atoms with E-state index in [1.54, 1.807) is 5.56 Å². The van der Waals surface area contributed by atoms with E-state index < -0.39 is 0 Å². The van der Waals surface area contributed by atoms with E-state index in [0.717, 1.165) is 28.7 Å². The Bertz CT molecular complexity index is 1640. The molecule has 1 aromatic heterocycles. The molecule has 0 unspecified atom stereocenters. The van der Waals surface area contributed by atoms with E-state index in [1.165, 1.54) is 76.3 Å². The maximum absolute atomic E-state index is 6.70. The fourth-order valence-corrected chi connectivity index (χ4v) is 9.67. The smallest absolute Gasteiger partial charge is 0.0541 e. The lowest BCUT2D eigenvalue weighted by Gasteiger charge is -2.61. The minimum absolute atomic E-state index is 0.123. The van der Waals surface area contributed by atoms with Crippen molar-refractivity contribution in [2.24, 2.45) is 23.7 Å². The van der Waals surface area contributed by atoms with Gasteiger partial charge in [0.15, 0.2) is 0 Å². The Balaban J connectivity index is 1.35. The van der Waals surface area contributed by atoms with E-state index in [0.29, 0.717) is 0 Å². The molecule has 36 heavy (non-hydrogen) atoms. The predicted octanol–water partition coefficient (Wildman–Crippen LogP) is 9.16. The standard InChI is InChI=1S/C34H28ClN/c35-24-9-11-26-27-12-10-25(36-32-7-3-1-5-28(32)29-6-2-4-8-33(29)36)19-31(27)34(30(26)18-24)22-14-20-13-21(16-22)17-23(34)15-20/h1-12,18-23H,13-17H2. The van der Waals surface area contributed by atoms with Gasteiger partial charge in [-0.15, -0.1) is 0 Å². The fourth-order valence-electron chi connectivity index (χ4n) is 9.50. The Morgan fingerprint density at radius 3 is 1.81 bits per heavy atom. The zero-order valence-electron chi connectivity index (χ0n) is 20.3. The maximum atomic E-state index is 6.70. The van der Waals surface area contributed by atoms with Crippen LogP contribution in [0.3, 0.4) is 0 Å². The van der Waals surface area contributed by atoms with Crippen LogP contribution >= 0.6 is 11.6 Å². The van der Waals surface area contributed by atoms with Crippen LogP contribution in [0.15, 0.2) is 84.9 Å². The van der Waals surface area contributed by atoms with Crippen LogP contribution in [0.5, 0.6) is 0 Å². The van der Waals surface area contributed by atoms with Gasteiger partial charge in [0, 0.05) is 26.9 Å². The molecule has 4 aromatic carbocycles. The van der Waals surface area contributed by atoms with Crippen molar-refractivity contribution in [3.05, 3.63) is 101 Å². The number of rotatable bonds is 1. The molecule has 4 saturated carbocycles. The molecule has 176 valence electrons. The van der Waals surface area contributed by atoms with Gasteiger partial charge >= 0.3 is 0 Å². The third kappa shape index (κ3) is 2.34. The Hall–Kier alpha value is -3.03. The summed E-state index contributed by atoms with van der Waals surface area (Å²) in [7, 11) is 0. The molecule has 4 fully saturated rings. The number of para-hydroxylation sites is 2. The van der Waals surface area contributed by atoms with Gasteiger partial charge in [-0.2, -0.15) is 0 Å². The fraction of sp³-hybridized carbons (Fsp3) is 0.294. The van der Waals surface area contributed by atoms with Crippen LogP contribution in [-0.4, -0.2) is 4.57 Å². The van der Waals surface area contributed by atoms with Crippen molar-refractivity contribution in [1.82, 2.24) is 4.57 Å². The quantitative estimate of drug-likeness (QED) is 0.223. The molecular formula is C34H28ClN. The molecule has 1 spiro atoms. The van der Waals surface area contributed by atoms with Crippen molar-refractivity contribution in [2.75, 3.05) is 0 Å². The number of hydrogen-bond acceptors (Lipinski definition) is 0. The molecule has 0 radical (unpaired) electrons. The summed E-state index contributed by atoms with van der Waals surface area (Å²) in [5.41, 5.74) is 9.96. The first-order chi connectivity index (χ1) is 17.7. The molecule has 10 rings (SSSR count). The zero-order chi connectivity index (χ0) is 23.6. The van der Waals surface area contributed by atoms with Crippen LogP contribution in [0, 0.1) is 23.7 Å². The van der Waals surface area contributed by atoms with Gasteiger partial charge in [0.1, 0.15) is 0 Å². The van der Waals surface area contributed by atoms with Gasteiger partial charge in [-0.25, -0.2) is 0 Å². The van der Waals surface area contributed by atoms with Crippen molar-refractivity contribution in [3.8, 4) is 16.8 Å². The van der Waals surface area contributed by atoms with Crippen molar-refractivity contribution >= 4 is 33.4 Å². The molecule has 5 aliphatic rings. The molecule has 0 aliphatic heterocycles. The normalized spacial score (nSPS) is 29.4. The molecule has 5 aromatic rings. The zero-order valence-corrected chi connectivity index (χ0v) is 21.0. The number of nitrogens with zero attached hydrogens (tertiary/aromatic N) is 1. The van der Waals surface area contributed by atoms with Gasteiger partial charge in [-0.05, 0) is 114 Å². The van der Waals surface area contributed by atoms with E-state index in [-0.39, 0.29) is 5.41 Å². The van der Waals surface area contributed by atoms with Gasteiger partial charge < -0.3 is 4.57 Å². The second kappa shape index (κ2) is 6.84. The Morgan fingerprint density at radius 1 is 0.611 bits per heavy atom. The van der Waals surface area contributed by atoms with Gasteiger partial charge in [0.2, 0.25) is 0 Å². The first-order valence-electron chi connectivity index (χ1n) is 13.7. The highest BCUT2D eigenvalue weighted by Crippen LogP contribution is 2.69. The molecule has 1 heterocycles. The van der Waals surface area contributed by atoms with Crippen molar-refractivity contribution in [3.63, 3.8) is 0 Å². The number of aromatic nitrogens is 1. The summed E-state index contributed by atoms with van der Waals surface area (Å²) in [6.07, 6.45) is 7.02. The van der Waals surface area contributed by atoms with Crippen LogP contribution in [0.2, 0.25) is 5.02 Å². The highest BCUT2D eigenvalue weighted by molar-refractivity contribution is 6.30. The third-order valence-electron chi connectivity index (χ3n) is 10.4. The first-order valence-corrected chi connectivity index (χ1v) is 14.0. The lowest BCUT2D eigenvalue weighted by atomic mass is 9.43. The van der Waals surface area contributed by atoms with Gasteiger partial charge in [0.05, 0.1) is 11.0 Å². The molecule has 5 aliphatic carbocycles. The summed E-state index contributed by atoms with van der Waals surface area (Å²) in [5.74, 6) is 3.34. The molecule has 0 atom stereocenters. The molecule has 2 heteroatoms. The highest BCUT2D eigenvalue weighted by atomic mass is 35.5. The topological polar surface area (TPSA) is 4.93 Å². The first kappa shape index (κ1) is 20.1. The molecule has 0 amide bonds. The minimum Gasteiger partial charge on any atom is -0.309 e. The average Bonchev–Trinajstić information content (AvgIpc) is 3.37. The number of fused-ring (bicyclic) bond motifs is 6. The molecule has 4 bridgehead atoms. The van der Waals surface area contributed by atoms with E-state index in [1.807, 2.05) is 0 Å².